The highest BCUT2D eigenvalue weighted by atomic mass is 16.5. The number of carbonyl (C=O) groups excluding carboxylic acids is 1. The molecule has 0 fully saturated rings. The van der Waals surface area contributed by atoms with Crippen molar-refractivity contribution in [3.8, 4) is 11.8 Å². The first-order valence-electron chi connectivity index (χ1n) is 9.96. The summed E-state index contributed by atoms with van der Waals surface area (Å²) in [5, 5.41) is 15.4. The fraction of sp³-hybridized carbons (Fsp3) is 0.333. The second kappa shape index (κ2) is 9.29. The van der Waals surface area contributed by atoms with Crippen LogP contribution in [0.15, 0.2) is 48.2 Å². The Balaban J connectivity index is 1.70. The molecule has 0 heterocycles. The summed E-state index contributed by atoms with van der Waals surface area (Å²) in [7, 11) is 1.54. The third kappa shape index (κ3) is 4.97. The molecular weight excluding hydrogens is 362 g/mol. The molecule has 0 bridgehead atoms. The molecule has 0 aliphatic heterocycles. The second-order valence-electron chi connectivity index (χ2n) is 7.45. The molecule has 3 rings (SSSR count). The summed E-state index contributed by atoms with van der Waals surface area (Å²) in [4.78, 5) is 12.6. The highest BCUT2D eigenvalue weighted by Crippen LogP contribution is 2.26. The van der Waals surface area contributed by atoms with Crippen molar-refractivity contribution in [2.75, 3.05) is 12.4 Å². The zero-order valence-electron chi connectivity index (χ0n) is 17.2. The smallest absolute Gasteiger partial charge is 0.267 e. The molecule has 5 heteroatoms. The molecule has 0 spiro atoms. The van der Waals surface area contributed by atoms with Gasteiger partial charge in [-0.25, -0.2) is 0 Å². The van der Waals surface area contributed by atoms with Crippen molar-refractivity contribution in [3.05, 3.63) is 70.4 Å². The molecule has 0 radical (unpaired) electrons. The number of aryl methyl sites for hydroxylation is 3. The van der Waals surface area contributed by atoms with Crippen LogP contribution in [0.25, 0.3) is 0 Å². The van der Waals surface area contributed by atoms with Crippen LogP contribution in [0.4, 0.5) is 5.69 Å². The van der Waals surface area contributed by atoms with Crippen LogP contribution in [-0.2, 0) is 17.6 Å². The number of rotatable bonds is 6. The Hall–Kier alpha value is -3.26. The molecule has 150 valence electrons. The van der Waals surface area contributed by atoms with Crippen LogP contribution in [0.2, 0.25) is 0 Å². The average molecular weight is 389 g/mol. The molecule has 1 aliphatic carbocycles. The van der Waals surface area contributed by atoms with Gasteiger partial charge in [0.2, 0.25) is 0 Å². The zero-order chi connectivity index (χ0) is 20.8. The van der Waals surface area contributed by atoms with Crippen molar-refractivity contribution in [3.63, 3.8) is 0 Å². The molecule has 0 saturated heterocycles. The van der Waals surface area contributed by atoms with Crippen LogP contribution in [0.3, 0.4) is 0 Å². The predicted molar refractivity (Wildman–Crippen MR) is 115 cm³/mol. The molecular formula is C24H27N3O2. The van der Waals surface area contributed by atoms with E-state index in [1.54, 1.807) is 13.2 Å². The van der Waals surface area contributed by atoms with E-state index in [4.69, 9.17) is 4.74 Å². The third-order valence-electron chi connectivity index (χ3n) is 5.32. The highest BCUT2D eigenvalue weighted by Gasteiger charge is 2.15. The summed E-state index contributed by atoms with van der Waals surface area (Å²) in [6.07, 6.45) is 6.25. The fourth-order valence-electron chi connectivity index (χ4n) is 3.59. The molecule has 1 unspecified atom stereocenters. The molecule has 5 nitrogen and oxygen atoms in total. The van der Waals surface area contributed by atoms with Gasteiger partial charge in [-0.05, 0) is 73.9 Å². The number of fused-ring (bicyclic) bond motifs is 1. The van der Waals surface area contributed by atoms with Crippen molar-refractivity contribution in [1.82, 2.24) is 5.32 Å². The number of nitriles is 1. The zero-order valence-corrected chi connectivity index (χ0v) is 17.2. The number of anilines is 1. The van der Waals surface area contributed by atoms with Gasteiger partial charge in [0.05, 0.1) is 12.8 Å². The van der Waals surface area contributed by atoms with E-state index in [0.717, 1.165) is 24.0 Å². The lowest BCUT2D eigenvalue weighted by molar-refractivity contribution is -0.112. The summed E-state index contributed by atoms with van der Waals surface area (Å²) in [5.74, 6) is 0.0816. The number of hydrogen-bond donors (Lipinski definition) is 2. The Bertz CT molecular complexity index is 973. The molecule has 2 aromatic rings. The van der Waals surface area contributed by atoms with Gasteiger partial charge in [-0.2, -0.15) is 5.26 Å². The molecule has 0 saturated carbocycles. The maximum Gasteiger partial charge on any atom is 0.267 e. The number of hydrogen-bond acceptors (Lipinski definition) is 4. The van der Waals surface area contributed by atoms with Gasteiger partial charge in [0.15, 0.2) is 0 Å². The number of nitrogens with zero attached hydrogens (tertiary/aromatic N) is 1. The minimum absolute atomic E-state index is 0.00752. The Kier molecular flexibility index (Phi) is 6.56. The lowest BCUT2D eigenvalue weighted by atomic mass is 9.89. The van der Waals surface area contributed by atoms with Gasteiger partial charge in [0, 0.05) is 12.2 Å². The van der Waals surface area contributed by atoms with Crippen LogP contribution >= 0.6 is 0 Å². The first kappa shape index (κ1) is 20.5. The number of methoxy groups -OCH3 is 1. The lowest BCUT2D eigenvalue weighted by Crippen LogP contribution is -2.19. The monoisotopic (exact) mass is 389 g/mol. The van der Waals surface area contributed by atoms with Gasteiger partial charge in [0.1, 0.15) is 17.4 Å². The fourth-order valence-corrected chi connectivity index (χ4v) is 3.59. The van der Waals surface area contributed by atoms with E-state index in [0.29, 0.717) is 11.4 Å². The van der Waals surface area contributed by atoms with Gasteiger partial charge in [-0.3, -0.25) is 4.79 Å². The van der Waals surface area contributed by atoms with Crippen molar-refractivity contribution < 1.29 is 9.53 Å². The number of benzene rings is 2. The normalized spacial score (nSPS) is 14.3. The minimum atomic E-state index is -0.471. The quantitative estimate of drug-likeness (QED) is 0.560. The van der Waals surface area contributed by atoms with Crippen LogP contribution in [0.5, 0.6) is 5.75 Å². The lowest BCUT2D eigenvalue weighted by Gasteiger charge is -2.19. The number of nitrogens with one attached hydrogen (secondary N) is 2. The van der Waals surface area contributed by atoms with E-state index in [2.05, 4.69) is 28.8 Å². The predicted octanol–water partition coefficient (Wildman–Crippen LogP) is 4.58. The van der Waals surface area contributed by atoms with Gasteiger partial charge in [-0.1, -0.05) is 24.3 Å². The summed E-state index contributed by atoms with van der Waals surface area (Å²) in [5.41, 5.74) is 5.55. The SMILES string of the molecule is COc1ccc(C)cc1NC(=O)/C(C#N)=C\NC(C)c1ccc2c(c1)CCCC2. The third-order valence-corrected chi connectivity index (χ3v) is 5.32. The van der Waals surface area contributed by atoms with Crippen molar-refractivity contribution in [2.24, 2.45) is 0 Å². The van der Waals surface area contributed by atoms with Crippen molar-refractivity contribution >= 4 is 11.6 Å². The molecule has 2 N–H and O–H groups in total. The Morgan fingerprint density at radius 1 is 1.17 bits per heavy atom. The number of carbonyl (C=O) groups is 1. The van der Waals surface area contributed by atoms with E-state index in [1.807, 2.05) is 32.0 Å². The summed E-state index contributed by atoms with van der Waals surface area (Å²) in [6.45, 7) is 3.95. The van der Waals surface area contributed by atoms with Crippen LogP contribution in [-0.4, -0.2) is 13.0 Å². The van der Waals surface area contributed by atoms with E-state index < -0.39 is 5.91 Å². The molecule has 29 heavy (non-hydrogen) atoms. The van der Waals surface area contributed by atoms with Gasteiger partial charge < -0.3 is 15.4 Å². The Labute approximate surface area is 172 Å². The first-order valence-corrected chi connectivity index (χ1v) is 9.96. The first-order chi connectivity index (χ1) is 14.0. The maximum absolute atomic E-state index is 12.6. The van der Waals surface area contributed by atoms with E-state index >= 15 is 0 Å². The van der Waals surface area contributed by atoms with Crippen LogP contribution in [0, 0.1) is 18.3 Å². The minimum Gasteiger partial charge on any atom is -0.495 e. The summed E-state index contributed by atoms with van der Waals surface area (Å²) < 4.78 is 5.28. The second-order valence-corrected chi connectivity index (χ2v) is 7.45. The summed E-state index contributed by atoms with van der Waals surface area (Å²) in [6, 6.07) is 14.0. The van der Waals surface area contributed by atoms with E-state index in [1.165, 1.54) is 30.2 Å². The van der Waals surface area contributed by atoms with Gasteiger partial charge in [0.25, 0.3) is 5.91 Å². The Morgan fingerprint density at radius 2 is 1.93 bits per heavy atom. The number of amides is 1. The van der Waals surface area contributed by atoms with Gasteiger partial charge >= 0.3 is 0 Å². The standard InChI is InChI=1S/C24H27N3O2/c1-16-8-11-23(29-3)22(12-16)27-24(28)21(14-25)15-26-17(2)19-10-9-18-6-4-5-7-20(18)13-19/h8-13,15,17,26H,4-7H2,1-3H3,(H,27,28)/b21-15-. The topological polar surface area (TPSA) is 74.1 Å². The molecule has 2 aromatic carbocycles. The Morgan fingerprint density at radius 3 is 2.66 bits per heavy atom. The van der Waals surface area contributed by atoms with Gasteiger partial charge in [-0.15, -0.1) is 0 Å². The number of ether oxygens (including phenoxy) is 1. The summed E-state index contributed by atoms with van der Waals surface area (Å²) >= 11 is 0. The van der Waals surface area contributed by atoms with Crippen LogP contribution in [0.1, 0.15) is 48.1 Å². The van der Waals surface area contributed by atoms with Crippen molar-refractivity contribution in [2.45, 2.75) is 45.6 Å². The average Bonchev–Trinajstić information content (AvgIpc) is 2.73. The largest absolute Gasteiger partial charge is 0.495 e. The van der Waals surface area contributed by atoms with E-state index in [9.17, 15) is 10.1 Å². The molecule has 1 aliphatic rings. The molecule has 1 amide bonds. The highest BCUT2D eigenvalue weighted by molar-refractivity contribution is 6.07. The molecule has 0 aromatic heterocycles. The van der Waals surface area contributed by atoms with Crippen molar-refractivity contribution in [1.29, 1.82) is 5.26 Å². The maximum atomic E-state index is 12.6. The van der Waals surface area contributed by atoms with E-state index in [-0.39, 0.29) is 11.6 Å². The molecule has 1 atom stereocenters. The van der Waals surface area contributed by atoms with Crippen LogP contribution < -0.4 is 15.4 Å².